The number of aromatic nitrogens is 3. The zero-order valence-electron chi connectivity index (χ0n) is 9.95. The maximum absolute atomic E-state index is 4.16. The first-order valence-electron chi connectivity index (χ1n) is 5.21. The number of rotatable bonds is 5. The number of nitrogens with zero attached hydrogens (tertiary/aromatic N) is 3. The van der Waals surface area contributed by atoms with E-state index >= 15 is 0 Å². The van der Waals surface area contributed by atoms with Gasteiger partial charge in [-0.3, -0.25) is 0 Å². The summed E-state index contributed by atoms with van der Waals surface area (Å²) in [4.78, 5) is 4.16. The van der Waals surface area contributed by atoms with Crippen molar-refractivity contribution in [3.8, 4) is 0 Å². The van der Waals surface area contributed by atoms with E-state index in [1.807, 2.05) is 11.7 Å². The quantitative estimate of drug-likeness (QED) is 0.615. The average Bonchev–Trinajstić information content (AvgIpc) is 2.49. The number of nitrogens with one attached hydrogen (secondary N) is 1. The van der Waals surface area contributed by atoms with Gasteiger partial charge in [-0.25, -0.2) is 9.67 Å². The smallest absolute Gasteiger partial charge is 0.185 e. The van der Waals surface area contributed by atoms with Crippen LogP contribution in [0, 0.1) is 0 Å². The first-order valence-corrected chi connectivity index (χ1v) is 6.19. The third-order valence-electron chi connectivity index (χ3n) is 1.88. The van der Waals surface area contributed by atoms with Gasteiger partial charge >= 0.3 is 0 Å². The third-order valence-corrected chi connectivity index (χ3v) is 3.00. The van der Waals surface area contributed by atoms with Crippen LogP contribution in [0.3, 0.4) is 0 Å². The Morgan fingerprint density at radius 1 is 1.47 bits per heavy atom. The van der Waals surface area contributed by atoms with Crippen molar-refractivity contribution in [2.24, 2.45) is 7.05 Å². The molecule has 0 saturated carbocycles. The minimum Gasteiger partial charge on any atom is -0.312 e. The van der Waals surface area contributed by atoms with Crippen LogP contribution in [0.1, 0.15) is 27.2 Å². The SMILES string of the molecule is Cn1ncnc1SCCCNC(C)(C)C. The van der Waals surface area contributed by atoms with E-state index in [2.05, 4.69) is 36.2 Å². The fraction of sp³-hybridized carbons (Fsp3) is 0.800. The van der Waals surface area contributed by atoms with Crippen molar-refractivity contribution in [2.45, 2.75) is 37.9 Å². The molecule has 0 fully saturated rings. The summed E-state index contributed by atoms with van der Waals surface area (Å²) >= 11 is 1.75. The summed E-state index contributed by atoms with van der Waals surface area (Å²) in [6.45, 7) is 7.60. The van der Waals surface area contributed by atoms with E-state index in [0.717, 1.165) is 23.9 Å². The van der Waals surface area contributed by atoms with Gasteiger partial charge in [0.2, 0.25) is 0 Å². The molecule has 0 aromatic carbocycles. The third kappa shape index (κ3) is 5.18. The number of hydrogen-bond donors (Lipinski definition) is 1. The minimum absolute atomic E-state index is 0.218. The second-order valence-electron chi connectivity index (χ2n) is 4.55. The molecule has 0 bridgehead atoms. The summed E-state index contributed by atoms with van der Waals surface area (Å²) in [6, 6.07) is 0. The van der Waals surface area contributed by atoms with Gasteiger partial charge < -0.3 is 5.32 Å². The molecule has 1 heterocycles. The van der Waals surface area contributed by atoms with Gasteiger partial charge in [-0.2, -0.15) is 5.10 Å². The van der Waals surface area contributed by atoms with E-state index in [1.54, 1.807) is 18.1 Å². The Bertz CT molecular complexity index is 290. The molecule has 0 amide bonds. The topological polar surface area (TPSA) is 42.7 Å². The predicted octanol–water partition coefficient (Wildman–Crippen LogP) is 1.69. The van der Waals surface area contributed by atoms with E-state index in [4.69, 9.17) is 0 Å². The summed E-state index contributed by atoms with van der Waals surface area (Å²) in [5.41, 5.74) is 0.218. The average molecular weight is 228 g/mol. The Hall–Kier alpha value is -0.550. The summed E-state index contributed by atoms with van der Waals surface area (Å²) in [5.74, 6) is 1.08. The minimum atomic E-state index is 0.218. The van der Waals surface area contributed by atoms with Gasteiger partial charge in [-0.1, -0.05) is 11.8 Å². The zero-order chi connectivity index (χ0) is 11.3. The van der Waals surface area contributed by atoms with Crippen molar-refractivity contribution in [2.75, 3.05) is 12.3 Å². The van der Waals surface area contributed by atoms with Gasteiger partial charge in [0.05, 0.1) is 0 Å². The molecular formula is C10H20N4S. The molecule has 0 aliphatic carbocycles. The van der Waals surface area contributed by atoms with Crippen molar-refractivity contribution in [3.63, 3.8) is 0 Å². The van der Waals surface area contributed by atoms with Crippen LogP contribution in [0.4, 0.5) is 0 Å². The summed E-state index contributed by atoms with van der Waals surface area (Å²) < 4.78 is 1.81. The van der Waals surface area contributed by atoms with Crippen molar-refractivity contribution in [1.82, 2.24) is 20.1 Å². The molecule has 0 atom stereocenters. The van der Waals surface area contributed by atoms with Gasteiger partial charge in [-0.05, 0) is 33.7 Å². The van der Waals surface area contributed by atoms with Gasteiger partial charge in [0.15, 0.2) is 5.16 Å². The number of hydrogen-bond acceptors (Lipinski definition) is 4. The molecule has 15 heavy (non-hydrogen) atoms. The highest BCUT2D eigenvalue weighted by Crippen LogP contribution is 2.13. The molecule has 0 radical (unpaired) electrons. The Kier molecular flexibility index (Phi) is 4.60. The predicted molar refractivity (Wildman–Crippen MR) is 64.1 cm³/mol. The summed E-state index contributed by atoms with van der Waals surface area (Å²) in [6.07, 6.45) is 2.74. The molecule has 0 spiro atoms. The Morgan fingerprint density at radius 2 is 2.20 bits per heavy atom. The highest BCUT2D eigenvalue weighted by atomic mass is 32.2. The molecule has 1 aromatic rings. The lowest BCUT2D eigenvalue weighted by Gasteiger charge is -2.20. The molecule has 1 rings (SSSR count). The standard InChI is InChI=1S/C10H20N4S/c1-10(2,3)12-6-5-7-15-9-11-8-13-14(9)4/h8,12H,5-7H2,1-4H3. The van der Waals surface area contributed by atoms with Crippen molar-refractivity contribution >= 4 is 11.8 Å². The highest BCUT2D eigenvalue weighted by molar-refractivity contribution is 7.99. The van der Waals surface area contributed by atoms with E-state index in [-0.39, 0.29) is 5.54 Å². The van der Waals surface area contributed by atoms with E-state index in [1.165, 1.54) is 0 Å². The molecule has 4 nitrogen and oxygen atoms in total. The van der Waals surface area contributed by atoms with Gasteiger partial charge in [-0.15, -0.1) is 0 Å². The first kappa shape index (κ1) is 12.5. The van der Waals surface area contributed by atoms with Gasteiger partial charge in [0.1, 0.15) is 6.33 Å². The molecular weight excluding hydrogens is 208 g/mol. The Labute approximate surface area is 95.9 Å². The fourth-order valence-corrected chi connectivity index (χ4v) is 1.94. The second-order valence-corrected chi connectivity index (χ2v) is 5.61. The Balaban J connectivity index is 2.10. The maximum atomic E-state index is 4.16. The zero-order valence-corrected chi connectivity index (χ0v) is 10.8. The Morgan fingerprint density at radius 3 is 2.73 bits per heavy atom. The van der Waals surface area contributed by atoms with E-state index < -0.39 is 0 Å². The summed E-state index contributed by atoms with van der Waals surface area (Å²) in [5, 5.41) is 8.48. The number of aryl methyl sites for hydroxylation is 1. The van der Waals surface area contributed by atoms with Crippen LogP contribution in [0.2, 0.25) is 0 Å². The molecule has 0 aliphatic heterocycles. The largest absolute Gasteiger partial charge is 0.312 e. The molecule has 0 saturated heterocycles. The van der Waals surface area contributed by atoms with Crippen molar-refractivity contribution in [3.05, 3.63) is 6.33 Å². The van der Waals surface area contributed by atoms with Crippen LogP contribution >= 0.6 is 11.8 Å². The molecule has 1 N–H and O–H groups in total. The summed E-state index contributed by atoms with van der Waals surface area (Å²) in [7, 11) is 1.92. The lowest BCUT2D eigenvalue weighted by atomic mass is 10.1. The van der Waals surface area contributed by atoms with Crippen LogP contribution in [-0.4, -0.2) is 32.6 Å². The fourth-order valence-electron chi connectivity index (χ4n) is 1.12. The van der Waals surface area contributed by atoms with Crippen molar-refractivity contribution in [1.29, 1.82) is 0 Å². The van der Waals surface area contributed by atoms with Crippen LogP contribution < -0.4 is 5.32 Å². The molecule has 0 aliphatic rings. The first-order chi connectivity index (χ1) is 6.99. The highest BCUT2D eigenvalue weighted by Gasteiger charge is 2.07. The lowest BCUT2D eigenvalue weighted by Crippen LogP contribution is -2.36. The van der Waals surface area contributed by atoms with Gasteiger partial charge in [0, 0.05) is 18.3 Å². The van der Waals surface area contributed by atoms with Crippen molar-refractivity contribution < 1.29 is 0 Å². The van der Waals surface area contributed by atoms with Crippen LogP contribution in [0.5, 0.6) is 0 Å². The molecule has 0 unspecified atom stereocenters. The maximum Gasteiger partial charge on any atom is 0.185 e. The lowest BCUT2D eigenvalue weighted by molar-refractivity contribution is 0.427. The van der Waals surface area contributed by atoms with Crippen LogP contribution in [0.25, 0.3) is 0 Å². The van der Waals surface area contributed by atoms with E-state index in [0.29, 0.717) is 0 Å². The van der Waals surface area contributed by atoms with Crippen LogP contribution in [-0.2, 0) is 7.05 Å². The molecule has 86 valence electrons. The molecule has 5 heteroatoms. The second kappa shape index (κ2) is 5.51. The number of thioether (sulfide) groups is 1. The van der Waals surface area contributed by atoms with Crippen LogP contribution in [0.15, 0.2) is 11.5 Å². The monoisotopic (exact) mass is 228 g/mol. The molecule has 1 aromatic heterocycles. The van der Waals surface area contributed by atoms with E-state index in [9.17, 15) is 0 Å². The van der Waals surface area contributed by atoms with Gasteiger partial charge in [0.25, 0.3) is 0 Å². The normalized spacial score (nSPS) is 12.0.